The van der Waals surface area contributed by atoms with E-state index in [1.807, 2.05) is 19.1 Å². The molecule has 1 N–H and O–H groups in total. The summed E-state index contributed by atoms with van der Waals surface area (Å²) in [6.45, 7) is 1.99. The Morgan fingerprint density at radius 3 is 2.92 bits per heavy atom. The Morgan fingerprint density at radius 2 is 2.33 bits per heavy atom. The van der Waals surface area contributed by atoms with Gasteiger partial charge in [-0.2, -0.15) is 0 Å². The van der Waals surface area contributed by atoms with Crippen LogP contribution >= 0.6 is 0 Å². The predicted octanol–water partition coefficient (Wildman–Crippen LogP) is 1.83. The summed E-state index contributed by atoms with van der Waals surface area (Å²) in [6, 6.07) is 3.90. The first-order valence-electron chi connectivity index (χ1n) is 4.38. The minimum Gasteiger partial charge on any atom is -0.387 e. The number of hydrogen-bond donors (Lipinski definition) is 1. The molecule has 1 saturated carbocycles. The number of rotatable bonds is 2. The standard InChI is InChI=1S/C10H13NO/c1-7-3-2-6-11-9(7)10(12)8-4-5-8/h2-3,6,8,10,12H,4-5H2,1H3. The first-order chi connectivity index (χ1) is 5.79. The average Bonchev–Trinajstić information content (AvgIpc) is 2.86. The highest BCUT2D eigenvalue weighted by molar-refractivity contribution is 5.21. The molecule has 1 aliphatic carbocycles. The van der Waals surface area contributed by atoms with Crippen molar-refractivity contribution in [1.82, 2.24) is 4.98 Å². The lowest BCUT2D eigenvalue weighted by atomic mass is 10.1. The molecule has 0 amide bonds. The lowest BCUT2D eigenvalue weighted by Gasteiger charge is -2.10. The van der Waals surface area contributed by atoms with Crippen molar-refractivity contribution in [1.29, 1.82) is 0 Å². The van der Waals surface area contributed by atoms with Gasteiger partial charge in [-0.05, 0) is 37.3 Å². The maximum absolute atomic E-state index is 9.78. The summed E-state index contributed by atoms with van der Waals surface area (Å²) in [5, 5.41) is 9.78. The summed E-state index contributed by atoms with van der Waals surface area (Å²) in [5.41, 5.74) is 1.96. The van der Waals surface area contributed by atoms with Crippen LogP contribution < -0.4 is 0 Å². The monoisotopic (exact) mass is 163 g/mol. The van der Waals surface area contributed by atoms with Crippen LogP contribution in [-0.4, -0.2) is 10.1 Å². The van der Waals surface area contributed by atoms with Gasteiger partial charge in [-0.25, -0.2) is 0 Å². The molecule has 0 aromatic carbocycles. The molecule has 0 aliphatic heterocycles. The van der Waals surface area contributed by atoms with Crippen LogP contribution in [0.25, 0.3) is 0 Å². The molecule has 0 spiro atoms. The summed E-state index contributed by atoms with van der Waals surface area (Å²) >= 11 is 0. The number of nitrogens with zero attached hydrogens (tertiary/aromatic N) is 1. The molecule has 1 heterocycles. The summed E-state index contributed by atoms with van der Waals surface area (Å²) in [6.07, 6.45) is 3.72. The maximum atomic E-state index is 9.78. The van der Waals surface area contributed by atoms with E-state index in [0.29, 0.717) is 5.92 Å². The number of aromatic nitrogens is 1. The smallest absolute Gasteiger partial charge is 0.0990 e. The highest BCUT2D eigenvalue weighted by Gasteiger charge is 2.32. The van der Waals surface area contributed by atoms with Gasteiger partial charge in [0.1, 0.15) is 0 Å². The van der Waals surface area contributed by atoms with Gasteiger partial charge in [0.2, 0.25) is 0 Å². The summed E-state index contributed by atoms with van der Waals surface area (Å²) < 4.78 is 0. The maximum Gasteiger partial charge on any atom is 0.0990 e. The van der Waals surface area contributed by atoms with Crippen LogP contribution in [-0.2, 0) is 0 Å². The lowest BCUT2D eigenvalue weighted by molar-refractivity contribution is 0.148. The topological polar surface area (TPSA) is 33.1 Å². The quantitative estimate of drug-likeness (QED) is 0.721. The average molecular weight is 163 g/mol. The Hall–Kier alpha value is -0.890. The fourth-order valence-electron chi connectivity index (χ4n) is 1.44. The zero-order chi connectivity index (χ0) is 8.55. The SMILES string of the molecule is Cc1cccnc1C(O)C1CC1. The van der Waals surface area contributed by atoms with Crippen LogP contribution in [0.1, 0.15) is 30.2 Å². The van der Waals surface area contributed by atoms with Crippen molar-refractivity contribution in [2.24, 2.45) is 5.92 Å². The Labute approximate surface area is 72.3 Å². The summed E-state index contributed by atoms with van der Waals surface area (Å²) in [5.74, 6) is 0.471. The molecule has 0 bridgehead atoms. The van der Waals surface area contributed by atoms with Gasteiger partial charge < -0.3 is 5.11 Å². The first-order valence-corrected chi connectivity index (χ1v) is 4.38. The summed E-state index contributed by atoms with van der Waals surface area (Å²) in [4.78, 5) is 4.19. The molecule has 1 aliphatic rings. The fourth-order valence-corrected chi connectivity index (χ4v) is 1.44. The van der Waals surface area contributed by atoms with Crippen LogP contribution in [0, 0.1) is 12.8 Å². The minimum atomic E-state index is -0.328. The van der Waals surface area contributed by atoms with Crippen molar-refractivity contribution < 1.29 is 5.11 Å². The predicted molar refractivity (Wildman–Crippen MR) is 46.7 cm³/mol. The summed E-state index contributed by atoms with van der Waals surface area (Å²) in [7, 11) is 0. The van der Waals surface area contributed by atoms with Crippen molar-refractivity contribution >= 4 is 0 Å². The molecular weight excluding hydrogens is 150 g/mol. The van der Waals surface area contributed by atoms with Crippen molar-refractivity contribution in [2.45, 2.75) is 25.9 Å². The first kappa shape index (κ1) is 7.74. The molecule has 0 radical (unpaired) electrons. The van der Waals surface area contributed by atoms with Crippen LogP contribution in [0.15, 0.2) is 18.3 Å². The number of hydrogen-bond acceptors (Lipinski definition) is 2. The molecule has 1 fully saturated rings. The number of aliphatic hydroxyl groups is 1. The second-order valence-electron chi connectivity index (χ2n) is 3.49. The third-order valence-corrected chi connectivity index (χ3v) is 2.40. The third kappa shape index (κ3) is 1.34. The van der Waals surface area contributed by atoms with E-state index in [0.717, 1.165) is 24.1 Å². The highest BCUT2D eigenvalue weighted by atomic mass is 16.3. The zero-order valence-corrected chi connectivity index (χ0v) is 7.20. The number of aryl methyl sites for hydroxylation is 1. The van der Waals surface area contributed by atoms with E-state index in [9.17, 15) is 5.11 Å². The second kappa shape index (κ2) is 2.87. The van der Waals surface area contributed by atoms with Gasteiger partial charge in [0.25, 0.3) is 0 Å². The van der Waals surface area contributed by atoms with Gasteiger partial charge in [0, 0.05) is 6.20 Å². The van der Waals surface area contributed by atoms with Crippen molar-refractivity contribution in [3.8, 4) is 0 Å². The fraction of sp³-hybridized carbons (Fsp3) is 0.500. The van der Waals surface area contributed by atoms with Gasteiger partial charge in [-0.1, -0.05) is 6.07 Å². The van der Waals surface area contributed by atoms with Crippen LogP contribution in [0.4, 0.5) is 0 Å². The normalized spacial score (nSPS) is 19.2. The Balaban J connectivity index is 2.25. The van der Waals surface area contributed by atoms with Gasteiger partial charge in [-0.3, -0.25) is 4.98 Å². The molecule has 1 aromatic heterocycles. The number of aliphatic hydroxyl groups excluding tert-OH is 1. The molecule has 2 heteroatoms. The van der Waals surface area contributed by atoms with Crippen LogP contribution in [0.3, 0.4) is 0 Å². The van der Waals surface area contributed by atoms with Gasteiger partial charge in [0.15, 0.2) is 0 Å². The molecule has 0 saturated heterocycles. The highest BCUT2D eigenvalue weighted by Crippen LogP contribution is 2.40. The molecule has 1 aromatic rings. The second-order valence-corrected chi connectivity index (χ2v) is 3.49. The molecule has 1 atom stereocenters. The van der Waals surface area contributed by atoms with Crippen molar-refractivity contribution in [3.63, 3.8) is 0 Å². The third-order valence-electron chi connectivity index (χ3n) is 2.40. The van der Waals surface area contributed by atoms with Crippen LogP contribution in [0.5, 0.6) is 0 Å². The molecule has 2 rings (SSSR count). The van der Waals surface area contributed by atoms with E-state index in [-0.39, 0.29) is 6.10 Å². The van der Waals surface area contributed by atoms with E-state index < -0.39 is 0 Å². The van der Waals surface area contributed by atoms with E-state index in [1.54, 1.807) is 6.20 Å². The Morgan fingerprint density at radius 1 is 1.58 bits per heavy atom. The molecular formula is C10H13NO. The largest absolute Gasteiger partial charge is 0.387 e. The molecule has 64 valence electrons. The molecule has 1 unspecified atom stereocenters. The van der Waals surface area contributed by atoms with E-state index in [1.165, 1.54) is 0 Å². The van der Waals surface area contributed by atoms with E-state index in [2.05, 4.69) is 4.98 Å². The minimum absolute atomic E-state index is 0.328. The van der Waals surface area contributed by atoms with Crippen molar-refractivity contribution in [2.75, 3.05) is 0 Å². The zero-order valence-electron chi connectivity index (χ0n) is 7.20. The van der Waals surface area contributed by atoms with Gasteiger partial charge >= 0.3 is 0 Å². The molecule has 12 heavy (non-hydrogen) atoms. The van der Waals surface area contributed by atoms with Crippen molar-refractivity contribution in [3.05, 3.63) is 29.6 Å². The van der Waals surface area contributed by atoms with Crippen LogP contribution in [0.2, 0.25) is 0 Å². The van der Waals surface area contributed by atoms with Gasteiger partial charge in [0.05, 0.1) is 11.8 Å². The van der Waals surface area contributed by atoms with Gasteiger partial charge in [-0.15, -0.1) is 0 Å². The number of pyridine rings is 1. The van der Waals surface area contributed by atoms with E-state index >= 15 is 0 Å². The molecule has 2 nitrogen and oxygen atoms in total. The Bertz CT molecular complexity index is 281. The van der Waals surface area contributed by atoms with E-state index in [4.69, 9.17) is 0 Å². The Kier molecular flexibility index (Phi) is 1.85. The lowest BCUT2D eigenvalue weighted by Crippen LogP contribution is -2.04.